The van der Waals surface area contributed by atoms with Crippen molar-refractivity contribution >= 4 is 33.0 Å². The summed E-state index contributed by atoms with van der Waals surface area (Å²) >= 11 is -0.0678. The molecule has 0 spiro atoms. The number of nitrogens with zero attached hydrogens (tertiary/aromatic N) is 3. The second-order valence-electron chi connectivity index (χ2n) is 6.90. The summed E-state index contributed by atoms with van der Waals surface area (Å²) in [5.41, 5.74) is -0.0882. The van der Waals surface area contributed by atoms with E-state index in [0.29, 0.717) is 6.07 Å². The molecule has 0 aromatic carbocycles. The largest absolute Gasteiger partial charge is 0.465 e. The maximum Gasteiger partial charge on any atom is 0.458 e. The number of sulfone groups is 1. The third kappa shape index (κ3) is 5.40. The highest BCUT2D eigenvalue weighted by atomic mass is 32.2. The van der Waals surface area contributed by atoms with Gasteiger partial charge in [-0.15, -0.1) is 11.3 Å². The molecular weight excluding hydrogens is 519 g/mol. The van der Waals surface area contributed by atoms with E-state index in [2.05, 4.69) is 25.0 Å². The Hall–Kier alpha value is -3.20. The Morgan fingerprint density at radius 2 is 1.80 bits per heavy atom. The SMILES string of the molecule is CCS(=O)(=O)c1ccc(-c2ncccn2)nc1NCc1cc(C(F)(F)C(F)(F)F)sc1C(=O)OC. The molecule has 0 atom stereocenters. The third-order valence-corrected chi connectivity index (χ3v) is 7.65. The maximum absolute atomic E-state index is 13.9. The fraction of sp³-hybridized carbons (Fsp3) is 0.300. The van der Waals surface area contributed by atoms with Gasteiger partial charge in [0.15, 0.2) is 15.7 Å². The average molecular weight is 537 g/mol. The van der Waals surface area contributed by atoms with Crippen LogP contribution in [-0.2, 0) is 27.0 Å². The molecule has 0 unspecified atom stereocenters. The molecule has 0 aliphatic carbocycles. The molecule has 188 valence electrons. The summed E-state index contributed by atoms with van der Waals surface area (Å²) < 4.78 is 96.0. The van der Waals surface area contributed by atoms with Crippen molar-refractivity contribution in [2.24, 2.45) is 0 Å². The van der Waals surface area contributed by atoms with Gasteiger partial charge in [0, 0.05) is 18.9 Å². The molecule has 1 N–H and O–H groups in total. The second kappa shape index (κ2) is 9.81. The first-order valence-corrected chi connectivity index (χ1v) is 12.2. The number of thiophene rings is 1. The van der Waals surface area contributed by atoms with E-state index in [1.165, 1.54) is 31.5 Å². The molecule has 0 saturated carbocycles. The van der Waals surface area contributed by atoms with Crippen LogP contribution in [0.3, 0.4) is 0 Å². The molecule has 0 aliphatic rings. The fourth-order valence-corrected chi connectivity index (χ4v) is 4.93. The molecule has 8 nitrogen and oxygen atoms in total. The molecule has 3 aromatic heterocycles. The van der Waals surface area contributed by atoms with Crippen molar-refractivity contribution in [2.75, 3.05) is 18.2 Å². The molecule has 0 amide bonds. The Morgan fingerprint density at radius 3 is 2.37 bits per heavy atom. The number of aromatic nitrogens is 3. The van der Waals surface area contributed by atoms with E-state index in [4.69, 9.17) is 0 Å². The van der Waals surface area contributed by atoms with Gasteiger partial charge in [0.1, 0.15) is 21.3 Å². The number of ether oxygens (including phenoxy) is 1. The van der Waals surface area contributed by atoms with Gasteiger partial charge >= 0.3 is 18.1 Å². The van der Waals surface area contributed by atoms with Gasteiger partial charge in [-0.2, -0.15) is 22.0 Å². The molecule has 0 fully saturated rings. The summed E-state index contributed by atoms with van der Waals surface area (Å²) in [7, 11) is -2.88. The molecule has 3 heterocycles. The molecular formula is C20H17F5N4O4S2. The first kappa shape index (κ1) is 26.4. The summed E-state index contributed by atoms with van der Waals surface area (Å²) in [6.07, 6.45) is -3.02. The van der Waals surface area contributed by atoms with Crippen molar-refractivity contribution in [2.45, 2.75) is 30.5 Å². The van der Waals surface area contributed by atoms with Crippen molar-refractivity contribution < 1.29 is 39.9 Å². The fourth-order valence-electron chi connectivity index (χ4n) is 2.83. The van der Waals surface area contributed by atoms with E-state index in [1.807, 2.05) is 0 Å². The van der Waals surface area contributed by atoms with Crippen LogP contribution < -0.4 is 5.32 Å². The van der Waals surface area contributed by atoms with Gasteiger partial charge in [-0.25, -0.2) is 28.2 Å². The van der Waals surface area contributed by atoms with Crippen LogP contribution in [0, 0.1) is 0 Å². The number of hydrogen-bond acceptors (Lipinski definition) is 9. The predicted molar refractivity (Wildman–Crippen MR) is 116 cm³/mol. The van der Waals surface area contributed by atoms with E-state index < -0.39 is 44.2 Å². The lowest BCUT2D eigenvalue weighted by molar-refractivity contribution is -0.287. The van der Waals surface area contributed by atoms with Crippen LogP contribution in [0.15, 0.2) is 41.6 Å². The van der Waals surface area contributed by atoms with Gasteiger partial charge in [-0.1, -0.05) is 6.92 Å². The highest BCUT2D eigenvalue weighted by molar-refractivity contribution is 7.91. The minimum Gasteiger partial charge on any atom is -0.465 e. The van der Waals surface area contributed by atoms with Crippen molar-refractivity contribution in [3.63, 3.8) is 0 Å². The molecule has 3 rings (SSSR count). The maximum atomic E-state index is 13.9. The predicted octanol–water partition coefficient (Wildman–Crippen LogP) is 4.45. The van der Waals surface area contributed by atoms with Crippen LogP contribution >= 0.6 is 11.3 Å². The lowest BCUT2D eigenvalue weighted by atomic mass is 10.2. The lowest BCUT2D eigenvalue weighted by Crippen LogP contribution is -2.32. The number of rotatable bonds is 8. The molecule has 0 saturated heterocycles. The van der Waals surface area contributed by atoms with Crippen LogP contribution in [0.25, 0.3) is 11.5 Å². The quantitative estimate of drug-likeness (QED) is 0.332. The van der Waals surface area contributed by atoms with Crippen LogP contribution in [0.4, 0.5) is 27.8 Å². The van der Waals surface area contributed by atoms with E-state index >= 15 is 0 Å². The summed E-state index contributed by atoms with van der Waals surface area (Å²) in [6.45, 7) is 0.889. The van der Waals surface area contributed by atoms with Crippen LogP contribution in [-0.4, -0.2) is 48.4 Å². The molecule has 0 radical (unpaired) electrons. The molecule has 3 aromatic rings. The van der Waals surface area contributed by atoms with Gasteiger partial charge in [0.25, 0.3) is 0 Å². The molecule has 0 bridgehead atoms. The number of nitrogens with one attached hydrogen (secondary N) is 1. The number of anilines is 1. The number of pyridine rings is 1. The Bertz CT molecular complexity index is 1330. The zero-order chi connectivity index (χ0) is 26.0. The van der Waals surface area contributed by atoms with Gasteiger partial charge in [0.05, 0.1) is 17.7 Å². The Kier molecular flexibility index (Phi) is 7.40. The number of carbonyl (C=O) groups is 1. The van der Waals surface area contributed by atoms with Crippen LogP contribution in [0.5, 0.6) is 0 Å². The van der Waals surface area contributed by atoms with Crippen LogP contribution in [0.1, 0.15) is 27.0 Å². The zero-order valence-electron chi connectivity index (χ0n) is 18.1. The highest BCUT2D eigenvalue weighted by Crippen LogP contribution is 2.47. The number of methoxy groups -OCH3 is 1. The van der Waals surface area contributed by atoms with Crippen molar-refractivity contribution in [1.29, 1.82) is 0 Å². The van der Waals surface area contributed by atoms with E-state index in [0.717, 1.165) is 7.11 Å². The van der Waals surface area contributed by atoms with Crippen LogP contribution in [0.2, 0.25) is 0 Å². The van der Waals surface area contributed by atoms with Gasteiger partial charge in [-0.05, 0) is 29.8 Å². The summed E-state index contributed by atoms with van der Waals surface area (Å²) in [5.74, 6) is -6.69. The number of carbonyl (C=O) groups excluding carboxylic acids is 1. The number of alkyl halides is 5. The van der Waals surface area contributed by atoms with Gasteiger partial charge in [0.2, 0.25) is 0 Å². The highest BCUT2D eigenvalue weighted by Gasteiger charge is 2.60. The Labute approximate surface area is 200 Å². The van der Waals surface area contributed by atoms with E-state index in [9.17, 15) is 35.2 Å². The summed E-state index contributed by atoms with van der Waals surface area (Å²) in [5, 5.41) is 2.63. The first-order valence-electron chi connectivity index (χ1n) is 9.73. The monoisotopic (exact) mass is 536 g/mol. The number of esters is 1. The molecule has 35 heavy (non-hydrogen) atoms. The Morgan fingerprint density at radius 1 is 1.14 bits per heavy atom. The smallest absolute Gasteiger partial charge is 0.458 e. The van der Waals surface area contributed by atoms with Gasteiger partial charge in [-0.3, -0.25) is 0 Å². The summed E-state index contributed by atoms with van der Waals surface area (Å²) in [6, 6.07) is 4.70. The third-order valence-electron chi connectivity index (χ3n) is 4.66. The van der Waals surface area contributed by atoms with Crippen molar-refractivity contribution in [3.8, 4) is 11.5 Å². The molecule has 0 aliphatic heterocycles. The Balaban J connectivity index is 2.05. The van der Waals surface area contributed by atoms with E-state index in [1.54, 1.807) is 6.07 Å². The molecule has 15 heteroatoms. The topological polar surface area (TPSA) is 111 Å². The standard InChI is InChI=1S/C20H17F5N4O4S2/c1-3-35(31,32)13-6-5-12(16-26-7-4-8-27-16)29-17(13)28-10-11-9-14(19(21,22)20(23,24)25)34-15(11)18(30)33-2/h4-9H,3,10H2,1-2H3,(H,28,29). The number of hydrogen-bond donors (Lipinski definition) is 1. The average Bonchev–Trinajstić information content (AvgIpc) is 3.27. The minimum absolute atomic E-state index is 0.0678. The van der Waals surface area contributed by atoms with Crippen molar-refractivity contribution in [1.82, 2.24) is 15.0 Å². The number of halogens is 5. The van der Waals surface area contributed by atoms with Crippen molar-refractivity contribution in [3.05, 3.63) is 52.0 Å². The zero-order valence-corrected chi connectivity index (χ0v) is 19.7. The lowest BCUT2D eigenvalue weighted by Gasteiger charge is -2.17. The van der Waals surface area contributed by atoms with Gasteiger partial charge < -0.3 is 10.1 Å². The normalized spacial score (nSPS) is 12.4. The minimum atomic E-state index is -5.89. The van der Waals surface area contributed by atoms with E-state index in [-0.39, 0.29) is 44.9 Å². The summed E-state index contributed by atoms with van der Waals surface area (Å²) in [4.78, 5) is 22.1. The first-order chi connectivity index (χ1) is 16.3. The second-order valence-corrected chi connectivity index (χ2v) is 10.2.